The van der Waals surface area contributed by atoms with Crippen molar-refractivity contribution in [1.82, 2.24) is 5.32 Å². The molecule has 0 amide bonds. The standard InChI is InChI=1S/C12H25NO/c1-10-5-7-12(8-6-10)13-11(2)4-3-9-14/h10-14H,3-9H2,1-2H3/t10?,11-,12?/m1/s1. The van der Waals surface area contributed by atoms with Gasteiger partial charge >= 0.3 is 0 Å². The summed E-state index contributed by atoms with van der Waals surface area (Å²) < 4.78 is 0. The van der Waals surface area contributed by atoms with Crippen LogP contribution in [-0.4, -0.2) is 23.8 Å². The van der Waals surface area contributed by atoms with Gasteiger partial charge in [0.05, 0.1) is 0 Å². The molecule has 84 valence electrons. The second-order valence-corrected chi connectivity index (χ2v) is 4.89. The number of rotatable bonds is 5. The molecule has 0 aromatic rings. The molecule has 0 unspecified atom stereocenters. The zero-order valence-electron chi connectivity index (χ0n) is 9.63. The molecule has 2 heteroatoms. The number of hydrogen-bond donors (Lipinski definition) is 2. The Morgan fingerprint density at radius 2 is 1.93 bits per heavy atom. The van der Waals surface area contributed by atoms with E-state index in [4.69, 9.17) is 5.11 Å². The monoisotopic (exact) mass is 199 g/mol. The minimum Gasteiger partial charge on any atom is -0.396 e. The maximum atomic E-state index is 8.73. The molecule has 14 heavy (non-hydrogen) atoms. The van der Waals surface area contributed by atoms with E-state index in [-0.39, 0.29) is 0 Å². The summed E-state index contributed by atoms with van der Waals surface area (Å²) in [6.45, 7) is 4.91. The van der Waals surface area contributed by atoms with Crippen LogP contribution in [0.4, 0.5) is 0 Å². The molecule has 1 aliphatic rings. The molecule has 0 saturated heterocycles. The SMILES string of the molecule is CC1CCC(N[C@H](C)CCCO)CC1. The minimum atomic E-state index is 0.327. The topological polar surface area (TPSA) is 32.3 Å². The van der Waals surface area contributed by atoms with Crippen LogP contribution in [0.15, 0.2) is 0 Å². The molecule has 1 saturated carbocycles. The summed E-state index contributed by atoms with van der Waals surface area (Å²) in [6, 6.07) is 1.31. The molecule has 0 radical (unpaired) electrons. The highest BCUT2D eigenvalue weighted by atomic mass is 16.2. The molecule has 0 aliphatic heterocycles. The number of hydrogen-bond acceptors (Lipinski definition) is 2. The smallest absolute Gasteiger partial charge is 0.0431 e. The van der Waals surface area contributed by atoms with E-state index in [1.807, 2.05) is 0 Å². The average Bonchev–Trinajstić information content (AvgIpc) is 2.18. The molecule has 0 spiro atoms. The molecule has 0 heterocycles. The van der Waals surface area contributed by atoms with Gasteiger partial charge in [0.15, 0.2) is 0 Å². The van der Waals surface area contributed by atoms with Gasteiger partial charge in [0.2, 0.25) is 0 Å². The van der Waals surface area contributed by atoms with Gasteiger partial charge in [-0.05, 0) is 51.4 Å². The van der Waals surface area contributed by atoms with E-state index >= 15 is 0 Å². The fourth-order valence-corrected chi connectivity index (χ4v) is 2.31. The van der Waals surface area contributed by atoms with Crippen LogP contribution < -0.4 is 5.32 Å². The molecule has 1 aliphatic carbocycles. The Hall–Kier alpha value is -0.0800. The van der Waals surface area contributed by atoms with E-state index in [1.165, 1.54) is 25.7 Å². The van der Waals surface area contributed by atoms with Crippen LogP contribution in [-0.2, 0) is 0 Å². The van der Waals surface area contributed by atoms with E-state index in [2.05, 4.69) is 19.2 Å². The third-order valence-corrected chi connectivity index (χ3v) is 3.33. The summed E-state index contributed by atoms with van der Waals surface area (Å²) in [7, 11) is 0. The lowest BCUT2D eigenvalue weighted by atomic mass is 9.87. The van der Waals surface area contributed by atoms with Gasteiger partial charge in [0, 0.05) is 18.7 Å². The van der Waals surface area contributed by atoms with Crippen LogP contribution in [0.25, 0.3) is 0 Å². The Morgan fingerprint density at radius 1 is 1.29 bits per heavy atom. The largest absolute Gasteiger partial charge is 0.396 e. The molecular formula is C12H25NO. The van der Waals surface area contributed by atoms with Crippen LogP contribution in [0.1, 0.15) is 52.4 Å². The zero-order valence-corrected chi connectivity index (χ0v) is 9.63. The molecule has 1 atom stereocenters. The first kappa shape index (κ1) is 12.0. The predicted octanol–water partition coefficient (Wildman–Crippen LogP) is 2.32. The number of nitrogens with one attached hydrogen (secondary N) is 1. The summed E-state index contributed by atoms with van der Waals surface area (Å²) in [4.78, 5) is 0. The number of aliphatic hydroxyl groups excluding tert-OH is 1. The fraction of sp³-hybridized carbons (Fsp3) is 1.00. The van der Waals surface area contributed by atoms with Gasteiger partial charge in [-0.1, -0.05) is 6.92 Å². The first-order valence-corrected chi connectivity index (χ1v) is 6.09. The quantitative estimate of drug-likeness (QED) is 0.712. The molecule has 1 fully saturated rings. The lowest BCUT2D eigenvalue weighted by molar-refractivity contribution is 0.258. The minimum absolute atomic E-state index is 0.327. The fourth-order valence-electron chi connectivity index (χ4n) is 2.31. The summed E-state index contributed by atoms with van der Waals surface area (Å²) in [5.41, 5.74) is 0. The van der Waals surface area contributed by atoms with Gasteiger partial charge in [0.1, 0.15) is 0 Å². The zero-order chi connectivity index (χ0) is 10.4. The maximum Gasteiger partial charge on any atom is 0.0431 e. The highest BCUT2D eigenvalue weighted by molar-refractivity contribution is 4.77. The van der Waals surface area contributed by atoms with E-state index in [9.17, 15) is 0 Å². The van der Waals surface area contributed by atoms with E-state index < -0.39 is 0 Å². The Balaban J connectivity index is 2.10. The van der Waals surface area contributed by atoms with Gasteiger partial charge < -0.3 is 10.4 Å². The molecular weight excluding hydrogens is 174 g/mol. The highest BCUT2D eigenvalue weighted by Crippen LogP contribution is 2.23. The average molecular weight is 199 g/mol. The maximum absolute atomic E-state index is 8.73. The lowest BCUT2D eigenvalue weighted by Gasteiger charge is -2.29. The van der Waals surface area contributed by atoms with Gasteiger partial charge in [0.25, 0.3) is 0 Å². The predicted molar refractivity (Wildman–Crippen MR) is 60.3 cm³/mol. The first-order valence-electron chi connectivity index (χ1n) is 6.09. The van der Waals surface area contributed by atoms with Crippen LogP contribution >= 0.6 is 0 Å². The molecule has 0 bridgehead atoms. The lowest BCUT2D eigenvalue weighted by Crippen LogP contribution is -2.38. The third kappa shape index (κ3) is 4.43. The van der Waals surface area contributed by atoms with Crippen molar-refractivity contribution in [2.24, 2.45) is 5.92 Å². The van der Waals surface area contributed by atoms with Crippen molar-refractivity contribution in [3.8, 4) is 0 Å². The highest BCUT2D eigenvalue weighted by Gasteiger charge is 2.18. The van der Waals surface area contributed by atoms with Crippen molar-refractivity contribution in [3.63, 3.8) is 0 Å². The van der Waals surface area contributed by atoms with Crippen molar-refractivity contribution in [2.75, 3.05) is 6.61 Å². The molecule has 1 rings (SSSR count). The Kier molecular flexibility index (Phi) is 5.49. The summed E-state index contributed by atoms with van der Waals surface area (Å²) in [5, 5.41) is 12.4. The van der Waals surface area contributed by atoms with E-state index in [0.29, 0.717) is 12.6 Å². The van der Waals surface area contributed by atoms with Crippen molar-refractivity contribution < 1.29 is 5.11 Å². The Morgan fingerprint density at radius 3 is 2.50 bits per heavy atom. The van der Waals surface area contributed by atoms with Gasteiger partial charge in [-0.2, -0.15) is 0 Å². The second-order valence-electron chi connectivity index (χ2n) is 4.89. The van der Waals surface area contributed by atoms with Crippen molar-refractivity contribution >= 4 is 0 Å². The molecule has 0 aromatic heterocycles. The van der Waals surface area contributed by atoms with Crippen molar-refractivity contribution in [3.05, 3.63) is 0 Å². The number of aliphatic hydroxyl groups is 1. The third-order valence-electron chi connectivity index (χ3n) is 3.33. The normalized spacial score (nSPS) is 30.2. The van der Waals surface area contributed by atoms with E-state index in [0.717, 1.165) is 24.8 Å². The van der Waals surface area contributed by atoms with Crippen LogP contribution in [0.5, 0.6) is 0 Å². The first-order chi connectivity index (χ1) is 6.72. The van der Waals surface area contributed by atoms with E-state index in [1.54, 1.807) is 0 Å². The van der Waals surface area contributed by atoms with Crippen LogP contribution in [0.2, 0.25) is 0 Å². The Labute approximate surface area is 88.1 Å². The van der Waals surface area contributed by atoms with Crippen LogP contribution in [0, 0.1) is 5.92 Å². The summed E-state index contributed by atoms with van der Waals surface area (Å²) >= 11 is 0. The van der Waals surface area contributed by atoms with Crippen molar-refractivity contribution in [2.45, 2.75) is 64.5 Å². The van der Waals surface area contributed by atoms with Gasteiger partial charge in [-0.15, -0.1) is 0 Å². The van der Waals surface area contributed by atoms with Crippen LogP contribution in [0.3, 0.4) is 0 Å². The summed E-state index contributed by atoms with van der Waals surface area (Å²) in [5.74, 6) is 0.931. The Bertz CT molecular complexity index is 141. The molecule has 2 nitrogen and oxygen atoms in total. The molecule has 2 N–H and O–H groups in total. The summed E-state index contributed by atoms with van der Waals surface area (Å²) in [6.07, 6.45) is 7.46. The van der Waals surface area contributed by atoms with Gasteiger partial charge in [-0.25, -0.2) is 0 Å². The second kappa shape index (κ2) is 6.41. The van der Waals surface area contributed by atoms with Crippen molar-refractivity contribution in [1.29, 1.82) is 0 Å². The van der Waals surface area contributed by atoms with Gasteiger partial charge in [-0.3, -0.25) is 0 Å². The molecule has 0 aromatic carbocycles.